The van der Waals surface area contributed by atoms with E-state index in [0.29, 0.717) is 5.95 Å². The van der Waals surface area contributed by atoms with E-state index in [2.05, 4.69) is 59.5 Å². The van der Waals surface area contributed by atoms with E-state index in [0.717, 1.165) is 66.6 Å². The van der Waals surface area contributed by atoms with E-state index in [4.69, 9.17) is 19.9 Å². The zero-order valence-corrected chi connectivity index (χ0v) is 19.7. The molecule has 172 valence electrons. The quantitative estimate of drug-likeness (QED) is 0.239. The van der Waals surface area contributed by atoms with E-state index < -0.39 is 0 Å². The molecule has 0 unspecified atom stereocenters. The van der Waals surface area contributed by atoms with Crippen LogP contribution in [0.15, 0.2) is 115 Å². The molecule has 0 amide bonds. The van der Waals surface area contributed by atoms with Crippen molar-refractivity contribution in [3.8, 4) is 22.5 Å². The highest BCUT2D eigenvalue weighted by atomic mass is 15.3. The van der Waals surface area contributed by atoms with Crippen LogP contribution in [0.3, 0.4) is 0 Å². The van der Waals surface area contributed by atoms with Crippen molar-refractivity contribution in [1.29, 1.82) is 0 Å². The predicted molar refractivity (Wildman–Crippen MR) is 149 cm³/mol. The summed E-state index contributed by atoms with van der Waals surface area (Å²) >= 11 is 0. The van der Waals surface area contributed by atoms with Crippen LogP contribution < -0.4 is 4.90 Å². The third kappa shape index (κ3) is 2.91. The van der Waals surface area contributed by atoms with Crippen LogP contribution in [0.5, 0.6) is 0 Å². The summed E-state index contributed by atoms with van der Waals surface area (Å²) in [5.41, 5.74) is 6.69. The zero-order chi connectivity index (χ0) is 24.3. The maximum Gasteiger partial charge on any atom is 0.237 e. The van der Waals surface area contributed by atoms with E-state index in [-0.39, 0.29) is 0 Å². The number of benzene rings is 4. The minimum Gasteiger partial charge on any atom is -0.262 e. The lowest BCUT2D eigenvalue weighted by molar-refractivity contribution is 1.08. The summed E-state index contributed by atoms with van der Waals surface area (Å²) in [4.78, 5) is 22.4. The van der Waals surface area contributed by atoms with Gasteiger partial charge in [0, 0.05) is 28.1 Å². The standard InChI is InChI=1S/C32H19N5/c1-2-10-20(11-3-1)29-23-13-5-8-16-26(23)35-32(36-29)37-27-17-9-6-14-24(27)30-28-22(18-19-33-30)21-12-4-7-15-25(21)34-31(28)37/h1-19H. The average Bonchev–Trinajstić information content (AvgIpc) is 2.97. The lowest BCUT2D eigenvalue weighted by Crippen LogP contribution is -2.19. The number of para-hydroxylation sites is 3. The smallest absolute Gasteiger partial charge is 0.237 e. The number of hydrogen-bond acceptors (Lipinski definition) is 5. The van der Waals surface area contributed by atoms with Gasteiger partial charge in [-0.05, 0) is 29.7 Å². The fraction of sp³-hybridized carbons (Fsp3) is 0. The molecule has 5 nitrogen and oxygen atoms in total. The number of aromatic nitrogens is 4. The van der Waals surface area contributed by atoms with E-state index in [1.165, 1.54) is 0 Å². The summed E-state index contributed by atoms with van der Waals surface area (Å²) in [6.45, 7) is 0. The van der Waals surface area contributed by atoms with Gasteiger partial charge in [-0.25, -0.2) is 15.0 Å². The fourth-order valence-corrected chi connectivity index (χ4v) is 5.41. The number of fused-ring (bicyclic) bond motifs is 5. The molecule has 0 bridgehead atoms. The molecular weight excluding hydrogens is 454 g/mol. The van der Waals surface area contributed by atoms with Gasteiger partial charge in [0.2, 0.25) is 5.95 Å². The van der Waals surface area contributed by atoms with Gasteiger partial charge >= 0.3 is 0 Å². The molecule has 0 spiro atoms. The van der Waals surface area contributed by atoms with Crippen LogP contribution in [0.25, 0.3) is 55.1 Å². The van der Waals surface area contributed by atoms with E-state index in [9.17, 15) is 0 Å². The van der Waals surface area contributed by atoms with Gasteiger partial charge in [-0.1, -0.05) is 84.9 Å². The molecule has 0 saturated heterocycles. The van der Waals surface area contributed by atoms with Crippen molar-refractivity contribution >= 4 is 50.0 Å². The average molecular weight is 474 g/mol. The van der Waals surface area contributed by atoms with Gasteiger partial charge in [0.1, 0.15) is 0 Å². The van der Waals surface area contributed by atoms with Crippen molar-refractivity contribution < 1.29 is 0 Å². The summed E-state index contributed by atoms with van der Waals surface area (Å²) in [5.74, 6) is 1.38. The summed E-state index contributed by atoms with van der Waals surface area (Å²) in [6.07, 6.45) is 1.89. The first-order chi connectivity index (χ1) is 18.4. The van der Waals surface area contributed by atoms with Crippen LogP contribution in [0.1, 0.15) is 0 Å². The molecule has 8 rings (SSSR count). The molecule has 0 aliphatic carbocycles. The van der Waals surface area contributed by atoms with Crippen LogP contribution in [0, 0.1) is 0 Å². The van der Waals surface area contributed by atoms with E-state index in [1.54, 1.807) is 0 Å². The first kappa shape index (κ1) is 20.1. The number of anilines is 3. The zero-order valence-electron chi connectivity index (χ0n) is 19.7. The number of hydrogen-bond donors (Lipinski definition) is 0. The predicted octanol–water partition coefficient (Wildman–Crippen LogP) is 7.84. The van der Waals surface area contributed by atoms with Crippen LogP contribution in [-0.4, -0.2) is 19.9 Å². The van der Waals surface area contributed by atoms with Crippen molar-refractivity contribution in [2.75, 3.05) is 4.90 Å². The molecule has 4 aromatic carbocycles. The number of nitrogens with zero attached hydrogens (tertiary/aromatic N) is 5. The maximum atomic E-state index is 5.19. The molecular formula is C32H19N5. The molecule has 0 saturated carbocycles. The molecule has 0 radical (unpaired) electrons. The van der Waals surface area contributed by atoms with Crippen molar-refractivity contribution in [3.05, 3.63) is 115 Å². The minimum absolute atomic E-state index is 0.587. The number of rotatable bonds is 2. The Balaban J connectivity index is 1.51. The molecule has 1 aliphatic heterocycles. The maximum absolute atomic E-state index is 5.19. The molecule has 7 aromatic rings. The van der Waals surface area contributed by atoms with E-state index >= 15 is 0 Å². The van der Waals surface area contributed by atoms with Crippen LogP contribution >= 0.6 is 0 Å². The second-order valence-corrected chi connectivity index (χ2v) is 9.14. The Morgan fingerprint density at radius 2 is 1.22 bits per heavy atom. The Kier molecular flexibility index (Phi) is 4.16. The Morgan fingerprint density at radius 1 is 0.514 bits per heavy atom. The van der Waals surface area contributed by atoms with Gasteiger partial charge in [-0.3, -0.25) is 9.88 Å². The van der Waals surface area contributed by atoms with Gasteiger partial charge in [0.05, 0.1) is 33.5 Å². The number of pyridine rings is 2. The lowest BCUT2D eigenvalue weighted by atomic mass is 9.96. The largest absolute Gasteiger partial charge is 0.262 e. The Labute approximate surface area is 212 Å². The molecule has 3 aromatic heterocycles. The molecule has 37 heavy (non-hydrogen) atoms. The SMILES string of the molecule is c1ccc(-c2nc(N3c4ccccc4-c4nccc5c4c3nc3ccccc35)nc3ccccc23)cc1. The fourth-order valence-electron chi connectivity index (χ4n) is 5.41. The summed E-state index contributed by atoms with van der Waals surface area (Å²) in [6, 6.07) is 37.1. The summed E-state index contributed by atoms with van der Waals surface area (Å²) in [5, 5.41) is 4.25. The van der Waals surface area contributed by atoms with Gasteiger partial charge in [0.25, 0.3) is 0 Å². The Bertz CT molecular complexity index is 2000. The molecule has 1 aliphatic rings. The van der Waals surface area contributed by atoms with Crippen LogP contribution in [0.2, 0.25) is 0 Å². The van der Waals surface area contributed by atoms with Gasteiger partial charge in [-0.15, -0.1) is 0 Å². The molecule has 0 fully saturated rings. The molecule has 4 heterocycles. The van der Waals surface area contributed by atoms with Crippen molar-refractivity contribution in [3.63, 3.8) is 0 Å². The van der Waals surface area contributed by atoms with Gasteiger partial charge < -0.3 is 0 Å². The molecule has 0 atom stereocenters. The molecule has 0 N–H and O–H groups in total. The van der Waals surface area contributed by atoms with Crippen molar-refractivity contribution in [2.24, 2.45) is 0 Å². The minimum atomic E-state index is 0.587. The highest BCUT2D eigenvalue weighted by Crippen LogP contribution is 2.49. The van der Waals surface area contributed by atoms with Crippen LogP contribution in [-0.2, 0) is 0 Å². The summed E-state index contributed by atoms with van der Waals surface area (Å²) < 4.78 is 0. The highest BCUT2D eigenvalue weighted by Gasteiger charge is 2.31. The van der Waals surface area contributed by atoms with E-state index in [1.807, 2.05) is 60.8 Å². The third-order valence-electron chi connectivity index (χ3n) is 7.05. The third-order valence-corrected chi connectivity index (χ3v) is 7.05. The second-order valence-electron chi connectivity index (χ2n) is 9.14. The van der Waals surface area contributed by atoms with Crippen molar-refractivity contribution in [2.45, 2.75) is 0 Å². The second kappa shape index (κ2) is 7.67. The van der Waals surface area contributed by atoms with Crippen LogP contribution in [0.4, 0.5) is 17.5 Å². The monoisotopic (exact) mass is 473 g/mol. The first-order valence-corrected chi connectivity index (χ1v) is 12.3. The molecule has 5 heteroatoms. The summed E-state index contributed by atoms with van der Waals surface area (Å²) in [7, 11) is 0. The first-order valence-electron chi connectivity index (χ1n) is 12.3. The lowest BCUT2D eigenvalue weighted by Gasteiger charge is -2.31. The Morgan fingerprint density at radius 3 is 2.08 bits per heavy atom. The topological polar surface area (TPSA) is 54.8 Å². The highest BCUT2D eigenvalue weighted by molar-refractivity contribution is 6.19. The van der Waals surface area contributed by atoms with Gasteiger partial charge in [0.15, 0.2) is 5.82 Å². The Hall–Kier alpha value is -5.16. The van der Waals surface area contributed by atoms with Crippen molar-refractivity contribution in [1.82, 2.24) is 19.9 Å². The normalized spacial score (nSPS) is 12.3. The van der Waals surface area contributed by atoms with Gasteiger partial charge in [-0.2, -0.15) is 0 Å².